The van der Waals surface area contributed by atoms with E-state index >= 15 is 0 Å². The molecule has 0 radical (unpaired) electrons. The summed E-state index contributed by atoms with van der Waals surface area (Å²) in [5.74, 6) is 2.29. The predicted molar refractivity (Wildman–Crippen MR) is 140 cm³/mol. The van der Waals surface area contributed by atoms with Gasteiger partial charge in [0.05, 0.1) is 24.4 Å². The minimum absolute atomic E-state index is 0.0935. The average Bonchev–Trinajstić information content (AvgIpc) is 3.58. The molecule has 3 aromatic rings. The van der Waals surface area contributed by atoms with Crippen LogP contribution in [0, 0.1) is 11.8 Å². The summed E-state index contributed by atoms with van der Waals surface area (Å²) < 4.78 is 7.37. The van der Waals surface area contributed by atoms with Crippen LogP contribution in [-0.2, 0) is 13.0 Å². The number of ether oxygens (including phenoxy) is 1. The van der Waals surface area contributed by atoms with E-state index in [0.717, 1.165) is 52.8 Å². The summed E-state index contributed by atoms with van der Waals surface area (Å²) in [4.78, 5) is 7.80. The molecule has 1 N–H and O–H groups in total. The van der Waals surface area contributed by atoms with E-state index in [1.54, 1.807) is 13.2 Å². The van der Waals surface area contributed by atoms with Gasteiger partial charge in [-0.2, -0.15) is 0 Å². The van der Waals surface area contributed by atoms with Crippen LogP contribution in [0.1, 0.15) is 62.5 Å². The second-order valence-electron chi connectivity index (χ2n) is 11.0. The Labute approximate surface area is 213 Å². The molecule has 6 rings (SSSR count). The number of halogens is 1. The van der Waals surface area contributed by atoms with Crippen molar-refractivity contribution in [3.05, 3.63) is 52.8 Å². The number of aliphatic hydroxyl groups excluding tert-OH is 1. The second-order valence-corrected chi connectivity index (χ2v) is 11.4. The number of methoxy groups -OCH3 is 1. The first-order valence-electron chi connectivity index (χ1n) is 13.3. The molecular weight excluding hydrogens is 458 g/mol. The molecule has 1 saturated carbocycles. The molecule has 0 spiro atoms. The maximum absolute atomic E-state index is 9.90. The number of aliphatic hydroxyl groups is 1. The number of aromatic nitrogens is 2. The first kappa shape index (κ1) is 23.3. The van der Waals surface area contributed by atoms with Crippen molar-refractivity contribution >= 4 is 17.2 Å². The smallest absolute Gasteiger partial charge is 0.137 e. The fourth-order valence-corrected chi connectivity index (χ4v) is 7.32. The number of pyridine rings is 1. The average molecular weight is 494 g/mol. The number of hydrogen-bond acceptors (Lipinski definition) is 4. The van der Waals surface area contributed by atoms with E-state index in [2.05, 4.69) is 27.6 Å². The number of rotatable bonds is 7. The highest BCUT2D eigenvalue weighted by Gasteiger charge is 2.41. The summed E-state index contributed by atoms with van der Waals surface area (Å²) in [5, 5.41) is 10.4. The van der Waals surface area contributed by atoms with Gasteiger partial charge in [-0.25, -0.2) is 4.98 Å². The van der Waals surface area contributed by atoms with Crippen molar-refractivity contribution in [3.8, 4) is 17.0 Å². The maximum atomic E-state index is 9.90. The van der Waals surface area contributed by atoms with Gasteiger partial charge in [0, 0.05) is 36.6 Å². The van der Waals surface area contributed by atoms with Crippen molar-refractivity contribution in [1.29, 1.82) is 0 Å². The van der Waals surface area contributed by atoms with Crippen LogP contribution in [0.15, 0.2) is 36.7 Å². The summed E-state index contributed by atoms with van der Waals surface area (Å²) >= 11 is 6.38. The fourth-order valence-electron chi connectivity index (χ4n) is 7.08. The predicted octanol–water partition coefficient (Wildman–Crippen LogP) is 6.13. The summed E-state index contributed by atoms with van der Waals surface area (Å²) in [6, 6.07) is 9.72. The van der Waals surface area contributed by atoms with Crippen LogP contribution in [0.25, 0.3) is 16.9 Å². The molecule has 3 aliphatic rings. The van der Waals surface area contributed by atoms with Gasteiger partial charge >= 0.3 is 0 Å². The van der Waals surface area contributed by atoms with E-state index < -0.39 is 0 Å². The van der Waals surface area contributed by atoms with E-state index in [0.29, 0.717) is 10.8 Å². The normalized spacial score (nSPS) is 25.1. The Bertz CT molecular complexity index is 1190. The minimum Gasteiger partial charge on any atom is -0.495 e. The Balaban J connectivity index is 1.18. The number of piperidine rings is 1. The van der Waals surface area contributed by atoms with Crippen LogP contribution in [0.2, 0.25) is 5.02 Å². The van der Waals surface area contributed by atoms with Gasteiger partial charge in [-0.3, -0.25) is 4.90 Å². The van der Waals surface area contributed by atoms with Crippen LogP contribution in [0.4, 0.5) is 0 Å². The van der Waals surface area contributed by atoms with Gasteiger partial charge in [-0.15, -0.1) is 0 Å². The van der Waals surface area contributed by atoms with Crippen LogP contribution in [0.5, 0.6) is 5.75 Å². The summed E-state index contributed by atoms with van der Waals surface area (Å²) in [6.45, 7) is 1.26. The largest absolute Gasteiger partial charge is 0.495 e. The molecule has 1 aliphatic carbocycles. The molecular formula is C29H36ClN3O2. The first-order chi connectivity index (χ1) is 17.1. The molecule has 2 aliphatic heterocycles. The van der Waals surface area contributed by atoms with Crippen LogP contribution >= 0.6 is 11.6 Å². The molecule has 5 nitrogen and oxygen atoms in total. The van der Waals surface area contributed by atoms with Gasteiger partial charge in [0.15, 0.2) is 0 Å². The molecule has 1 unspecified atom stereocenters. The van der Waals surface area contributed by atoms with Gasteiger partial charge in [-0.1, -0.05) is 24.4 Å². The van der Waals surface area contributed by atoms with Crippen molar-refractivity contribution < 1.29 is 9.84 Å². The van der Waals surface area contributed by atoms with Gasteiger partial charge in [0.2, 0.25) is 0 Å². The Morgan fingerprint density at radius 1 is 1.06 bits per heavy atom. The number of imidazole rings is 1. The molecule has 186 valence electrons. The highest BCUT2D eigenvalue weighted by atomic mass is 35.5. The van der Waals surface area contributed by atoms with Crippen LogP contribution in [-0.4, -0.2) is 45.1 Å². The van der Waals surface area contributed by atoms with Gasteiger partial charge in [-0.05, 0) is 92.2 Å². The summed E-state index contributed by atoms with van der Waals surface area (Å²) in [7, 11) is 1.58. The molecule has 0 amide bonds. The van der Waals surface area contributed by atoms with Crippen molar-refractivity contribution in [2.75, 3.05) is 13.7 Å². The third-order valence-electron chi connectivity index (χ3n) is 8.80. The van der Waals surface area contributed by atoms with Crippen molar-refractivity contribution in [2.45, 2.75) is 76.5 Å². The lowest BCUT2D eigenvalue weighted by atomic mass is 9.85. The van der Waals surface area contributed by atoms with Crippen molar-refractivity contribution in [1.82, 2.24) is 14.3 Å². The number of benzene rings is 1. The SMILES string of the molecule is COc1cc(CO)c(-c2cn3ccc(CC4C[C@H]5CC[C@@H](C4)N5CC4CCCC4)cc3n2)cc1Cl. The molecule has 2 bridgehead atoms. The van der Waals surface area contributed by atoms with Gasteiger partial charge in [0.1, 0.15) is 11.4 Å². The summed E-state index contributed by atoms with van der Waals surface area (Å²) in [5.41, 5.74) is 4.73. The molecule has 4 heterocycles. The van der Waals surface area contributed by atoms with Gasteiger partial charge in [0.25, 0.3) is 0 Å². The lowest BCUT2D eigenvalue weighted by Crippen LogP contribution is -2.45. The highest BCUT2D eigenvalue weighted by molar-refractivity contribution is 6.32. The maximum Gasteiger partial charge on any atom is 0.137 e. The zero-order valence-electron chi connectivity index (χ0n) is 20.6. The molecule has 3 fully saturated rings. The highest BCUT2D eigenvalue weighted by Crippen LogP contribution is 2.42. The van der Waals surface area contributed by atoms with E-state index in [-0.39, 0.29) is 6.61 Å². The van der Waals surface area contributed by atoms with Crippen LogP contribution < -0.4 is 4.74 Å². The third-order valence-corrected chi connectivity index (χ3v) is 9.09. The van der Waals surface area contributed by atoms with E-state index in [1.165, 1.54) is 63.5 Å². The number of hydrogen-bond donors (Lipinski definition) is 1. The second kappa shape index (κ2) is 9.76. The lowest BCUT2D eigenvalue weighted by Gasteiger charge is -2.40. The molecule has 35 heavy (non-hydrogen) atoms. The molecule has 2 saturated heterocycles. The fraction of sp³-hybridized carbons (Fsp3) is 0.552. The Hall–Kier alpha value is -2.08. The Kier molecular flexibility index (Phi) is 6.50. The molecule has 3 atom stereocenters. The van der Waals surface area contributed by atoms with E-state index in [4.69, 9.17) is 21.3 Å². The number of fused-ring (bicyclic) bond motifs is 3. The standard InChI is InChI=1S/C29H36ClN3O2/c1-35-28-14-22(18-34)25(15-26(28)30)27-17-32-9-8-20(13-29(32)31-27)10-21-11-23-6-7-24(12-21)33(23)16-19-4-2-3-5-19/h8-9,13-15,17,19,21,23-24,34H,2-7,10-12,16,18H2,1H3/t21?,23-,24+. The third kappa shape index (κ3) is 4.59. The van der Waals surface area contributed by atoms with Crippen molar-refractivity contribution in [2.24, 2.45) is 11.8 Å². The monoisotopic (exact) mass is 493 g/mol. The zero-order chi connectivity index (χ0) is 23.9. The zero-order valence-corrected chi connectivity index (χ0v) is 21.4. The molecule has 1 aromatic carbocycles. The summed E-state index contributed by atoms with van der Waals surface area (Å²) in [6.07, 6.45) is 16.6. The topological polar surface area (TPSA) is 50.0 Å². The van der Waals surface area contributed by atoms with Gasteiger partial charge < -0.3 is 14.2 Å². The lowest BCUT2D eigenvalue weighted by molar-refractivity contribution is 0.0866. The van der Waals surface area contributed by atoms with Crippen molar-refractivity contribution in [3.63, 3.8) is 0 Å². The molecule has 6 heteroatoms. The van der Waals surface area contributed by atoms with E-state index in [1.807, 2.05) is 12.3 Å². The number of nitrogens with zero attached hydrogens (tertiary/aromatic N) is 3. The molecule has 2 aromatic heterocycles. The Morgan fingerprint density at radius 2 is 1.83 bits per heavy atom. The van der Waals surface area contributed by atoms with E-state index in [9.17, 15) is 5.11 Å². The quantitative estimate of drug-likeness (QED) is 0.430. The minimum atomic E-state index is -0.0935. The first-order valence-corrected chi connectivity index (χ1v) is 13.7. The van der Waals surface area contributed by atoms with Crippen LogP contribution in [0.3, 0.4) is 0 Å². The Morgan fingerprint density at radius 3 is 2.54 bits per heavy atom.